The van der Waals surface area contributed by atoms with E-state index >= 15 is 0 Å². The van der Waals surface area contributed by atoms with Gasteiger partial charge in [0.15, 0.2) is 0 Å². The van der Waals surface area contributed by atoms with Crippen molar-refractivity contribution < 1.29 is 0 Å². The maximum absolute atomic E-state index is 11.8. The molecule has 5 heteroatoms. The Morgan fingerprint density at radius 3 is 2.85 bits per heavy atom. The highest BCUT2D eigenvalue weighted by molar-refractivity contribution is 5.39. The highest BCUT2D eigenvalue weighted by atomic mass is 16.1. The lowest BCUT2D eigenvalue weighted by molar-refractivity contribution is 0.271. The maximum atomic E-state index is 11.8. The van der Waals surface area contributed by atoms with Gasteiger partial charge in [-0.25, -0.2) is 4.98 Å². The fourth-order valence-corrected chi connectivity index (χ4v) is 3.55. The Balaban J connectivity index is 1.82. The van der Waals surface area contributed by atoms with Gasteiger partial charge in [-0.1, -0.05) is 13.8 Å². The van der Waals surface area contributed by atoms with Crippen LogP contribution in [0.2, 0.25) is 0 Å². The molecule has 110 valence electrons. The fraction of sp³-hybridized carbons (Fsp3) is 0.733. The highest BCUT2D eigenvalue weighted by Gasteiger charge is 2.37. The quantitative estimate of drug-likeness (QED) is 0.857. The number of hydrogen-bond donors (Lipinski definition) is 2. The molecular formula is C15H24N4O. The zero-order valence-corrected chi connectivity index (χ0v) is 12.3. The van der Waals surface area contributed by atoms with E-state index < -0.39 is 0 Å². The van der Waals surface area contributed by atoms with E-state index in [4.69, 9.17) is 5.73 Å². The Morgan fingerprint density at radius 1 is 1.35 bits per heavy atom. The van der Waals surface area contributed by atoms with Crippen LogP contribution in [0.3, 0.4) is 0 Å². The van der Waals surface area contributed by atoms with E-state index in [2.05, 4.69) is 14.9 Å². The number of nitrogens with one attached hydrogen (secondary N) is 1. The number of fused-ring (bicyclic) bond motifs is 1. The summed E-state index contributed by atoms with van der Waals surface area (Å²) in [6, 6.07) is 1.98. The number of anilines is 1. The Kier molecular flexibility index (Phi) is 3.54. The second-order valence-electron chi connectivity index (χ2n) is 6.64. The van der Waals surface area contributed by atoms with Gasteiger partial charge in [0.25, 0.3) is 5.56 Å². The molecule has 0 bridgehead atoms. The number of H-pyrrole nitrogens is 1. The van der Waals surface area contributed by atoms with E-state index in [1.165, 1.54) is 6.42 Å². The van der Waals surface area contributed by atoms with Crippen molar-refractivity contribution in [2.45, 2.75) is 45.1 Å². The summed E-state index contributed by atoms with van der Waals surface area (Å²) >= 11 is 0. The summed E-state index contributed by atoms with van der Waals surface area (Å²) in [6.07, 6.45) is 3.46. The lowest BCUT2D eigenvalue weighted by Gasteiger charge is -2.27. The molecule has 1 aromatic rings. The zero-order valence-electron chi connectivity index (χ0n) is 12.3. The van der Waals surface area contributed by atoms with Crippen LogP contribution in [0.15, 0.2) is 10.9 Å². The summed E-state index contributed by atoms with van der Waals surface area (Å²) in [5, 5.41) is 0. The highest BCUT2D eigenvalue weighted by Crippen LogP contribution is 2.37. The molecule has 3 N–H and O–H groups in total. The first-order valence-corrected chi connectivity index (χ1v) is 7.64. The molecule has 2 fully saturated rings. The number of aromatic nitrogens is 2. The minimum absolute atomic E-state index is 0.0507. The lowest BCUT2D eigenvalue weighted by atomic mass is 9.79. The van der Waals surface area contributed by atoms with Crippen LogP contribution in [0.5, 0.6) is 0 Å². The van der Waals surface area contributed by atoms with Crippen molar-refractivity contribution in [3.05, 3.63) is 22.2 Å². The Morgan fingerprint density at radius 2 is 2.10 bits per heavy atom. The minimum Gasteiger partial charge on any atom is -0.356 e. The summed E-state index contributed by atoms with van der Waals surface area (Å²) in [5.41, 5.74) is 6.02. The molecule has 3 rings (SSSR count). The fourth-order valence-electron chi connectivity index (χ4n) is 3.55. The van der Waals surface area contributed by atoms with Crippen molar-refractivity contribution in [2.75, 3.05) is 18.0 Å². The Hall–Kier alpha value is -1.36. The van der Waals surface area contributed by atoms with Gasteiger partial charge in [-0.05, 0) is 31.1 Å². The first-order chi connectivity index (χ1) is 9.52. The first kappa shape index (κ1) is 13.6. The molecule has 0 aromatic carbocycles. The largest absolute Gasteiger partial charge is 0.356 e. The molecule has 1 unspecified atom stereocenters. The predicted molar refractivity (Wildman–Crippen MR) is 80.0 cm³/mol. The van der Waals surface area contributed by atoms with E-state index in [-0.39, 0.29) is 11.5 Å². The van der Waals surface area contributed by atoms with E-state index in [1.807, 2.05) is 13.8 Å². The Bertz CT molecular complexity index is 539. The van der Waals surface area contributed by atoms with Gasteiger partial charge < -0.3 is 15.6 Å². The van der Waals surface area contributed by atoms with Crippen LogP contribution >= 0.6 is 0 Å². The number of nitrogens with two attached hydrogens (primary N) is 1. The molecule has 5 nitrogen and oxygen atoms in total. The lowest BCUT2D eigenvalue weighted by Crippen LogP contribution is -2.32. The van der Waals surface area contributed by atoms with Gasteiger partial charge in [-0.2, -0.15) is 0 Å². The van der Waals surface area contributed by atoms with Crippen molar-refractivity contribution in [3.8, 4) is 0 Å². The second kappa shape index (κ2) is 5.20. The van der Waals surface area contributed by atoms with Gasteiger partial charge in [0.2, 0.25) is 0 Å². The molecule has 0 spiro atoms. The normalized spacial score (nSPS) is 29.8. The van der Waals surface area contributed by atoms with Crippen molar-refractivity contribution in [2.24, 2.45) is 17.6 Å². The average molecular weight is 276 g/mol. The van der Waals surface area contributed by atoms with Crippen LogP contribution < -0.4 is 16.2 Å². The molecule has 2 aliphatic rings. The summed E-state index contributed by atoms with van der Waals surface area (Å²) in [7, 11) is 0. The minimum atomic E-state index is -0.0507. The molecule has 20 heavy (non-hydrogen) atoms. The van der Waals surface area contributed by atoms with E-state index in [9.17, 15) is 4.79 Å². The van der Waals surface area contributed by atoms with Crippen LogP contribution in [0.1, 0.15) is 44.9 Å². The Labute approximate surface area is 119 Å². The number of hydrogen-bond acceptors (Lipinski definition) is 4. The number of aromatic amines is 1. The topological polar surface area (TPSA) is 75.0 Å². The summed E-state index contributed by atoms with van der Waals surface area (Å²) in [6.45, 7) is 6.10. The molecule has 1 aliphatic carbocycles. The molecule has 1 saturated heterocycles. The van der Waals surface area contributed by atoms with Gasteiger partial charge in [0, 0.05) is 31.1 Å². The van der Waals surface area contributed by atoms with Gasteiger partial charge in [0.1, 0.15) is 11.6 Å². The third-order valence-corrected chi connectivity index (χ3v) is 4.71. The second-order valence-corrected chi connectivity index (χ2v) is 6.64. The van der Waals surface area contributed by atoms with Gasteiger partial charge in [-0.15, -0.1) is 0 Å². The summed E-state index contributed by atoms with van der Waals surface area (Å²) in [5.74, 6) is 3.24. The van der Waals surface area contributed by atoms with Gasteiger partial charge >= 0.3 is 0 Å². The van der Waals surface area contributed by atoms with Crippen LogP contribution in [-0.4, -0.2) is 29.1 Å². The molecule has 2 heterocycles. The summed E-state index contributed by atoms with van der Waals surface area (Å²) < 4.78 is 0. The average Bonchev–Trinajstić information content (AvgIpc) is 2.80. The smallest absolute Gasteiger partial charge is 0.252 e. The molecule has 0 amide bonds. The first-order valence-electron chi connectivity index (χ1n) is 7.64. The summed E-state index contributed by atoms with van der Waals surface area (Å²) in [4.78, 5) is 21.5. The van der Waals surface area contributed by atoms with Crippen molar-refractivity contribution >= 4 is 5.82 Å². The molecule has 1 aliphatic heterocycles. The number of rotatable bonds is 2. The van der Waals surface area contributed by atoms with Crippen molar-refractivity contribution in [1.82, 2.24) is 9.97 Å². The molecule has 0 radical (unpaired) electrons. The van der Waals surface area contributed by atoms with Crippen molar-refractivity contribution in [1.29, 1.82) is 0 Å². The van der Waals surface area contributed by atoms with Crippen LogP contribution in [-0.2, 0) is 0 Å². The third kappa shape index (κ3) is 2.59. The van der Waals surface area contributed by atoms with E-state index in [0.29, 0.717) is 12.0 Å². The standard InChI is InChI=1S/C15H24N4O/c1-9(2)15-17-13(6-14(20)18-15)19-7-10-3-4-12(16)5-11(10)8-19/h6,9-12H,3-5,7-8,16H2,1-2H3,(H,17,18,20)/t10-,11+,12?/m1/s1. The molecular weight excluding hydrogens is 252 g/mol. The van der Waals surface area contributed by atoms with Crippen LogP contribution in [0.25, 0.3) is 0 Å². The van der Waals surface area contributed by atoms with Gasteiger partial charge in [-0.3, -0.25) is 4.79 Å². The maximum Gasteiger partial charge on any atom is 0.252 e. The number of nitrogens with zero attached hydrogens (tertiary/aromatic N) is 2. The zero-order chi connectivity index (χ0) is 14.3. The monoisotopic (exact) mass is 276 g/mol. The van der Waals surface area contributed by atoms with E-state index in [0.717, 1.165) is 43.5 Å². The van der Waals surface area contributed by atoms with Gasteiger partial charge in [0.05, 0.1) is 0 Å². The molecule has 3 atom stereocenters. The molecule has 1 aromatic heterocycles. The third-order valence-electron chi connectivity index (χ3n) is 4.71. The van der Waals surface area contributed by atoms with Crippen LogP contribution in [0, 0.1) is 11.8 Å². The predicted octanol–water partition coefficient (Wildman–Crippen LogP) is 1.46. The molecule has 1 saturated carbocycles. The van der Waals surface area contributed by atoms with Crippen molar-refractivity contribution in [3.63, 3.8) is 0 Å². The van der Waals surface area contributed by atoms with E-state index in [1.54, 1.807) is 6.07 Å². The SMILES string of the molecule is CC(C)c1nc(N2C[C@H]3CCC(N)C[C@H]3C2)cc(=O)[nH]1. The van der Waals surface area contributed by atoms with Crippen LogP contribution in [0.4, 0.5) is 5.82 Å².